The molecule has 2 amide bonds. The van der Waals surface area contributed by atoms with E-state index in [1.165, 1.54) is 0 Å². The van der Waals surface area contributed by atoms with Gasteiger partial charge in [-0.25, -0.2) is 5.84 Å². The molecule has 0 saturated carbocycles. The number of nitrogens with zero attached hydrogens (tertiary/aromatic N) is 1. The molecule has 1 fully saturated rings. The lowest BCUT2D eigenvalue weighted by Gasteiger charge is -2.31. The number of nitrogens with two attached hydrogens (primary N) is 1. The van der Waals surface area contributed by atoms with Gasteiger partial charge in [-0.2, -0.15) is 0 Å². The molecule has 0 bridgehead atoms. The predicted molar refractivity (Wildman–Crippen MR) is 87.8 cm³/mol. The van der Waals surface area contributed by atoms with Crippen molar-refractivity contribution < 1.29 is 14.3 Å². The molecule has 1 heterocycles. The van der Waals surface area contributed by atoms with E-state index in [1.54, 1.807) is 17.0 Å². The van der Waals surface area contributed by atoms with Gasteiger partial charge < -0.3 is 9.64 Å². The second-order valence-corrected chi connectivity index (χ2v) is 5.80. The number of piperidine rings is 1. The van der Waals surface area contributed by atoms with Crippen molar-refractivity contribution in [3.63, 3.8) is 0 Å². The SMILES string of the molecule is CCCCOc1cccc(C(=O)N2CCC(C(=O)NN)CC2)c1. The van der Waals surface area contributed by atoms with Crippen LogP contribution in [-0.2, 0) is 4.79 Å². The van der Waals surface area contributed by atoms with Gasteiger partial charge in [0, 0.05) is 24.6 Å². The van der Waals surface area contributed by atoms with Gasteiger partial charge in [0.2, 0.25) is 5.91 Å². The van der Waals surface area contributed by atoms with Crippen LogP contribution in [0.1, 0.15) is 43.0 Å². The summed E-state index contributed by atoms with van der Waals surface area (Å²) in [7, 11) is 0. The van der Waals surface area contributed by atoms with Crippen LogP contribution in [0.2, 0.25) is 0 Å². The lowest BCUT2D eigenvalue weighted by atomic mass is 9.95. The Labute approximate surface area is 136 Å². The number of carbonyl (C=O) groups excluding carboxylic acids is 2. The fraction of sp³-hybridized carbons (Fsp3) is 0.529. The van der Waals surface area contributed by atoms with Crippen LogP contribution in [0.25, 0.3) is 0 Å². The minimum atomic E-state index is -0.150. The van der Waals surface area contributed by atoms with Gasteiger partial charge in [0.25, 0.3) is 5.91 Å². The second kappa shape index (κ2) is 8.53. The van der Waals surface area contributed by atoms with Crippen LogP contribution in [0, 0.1) is 5.92 Å². The van der Waals surface area contributed by atoms with Crippen molar-refractivity contribution in [1.29, 1.82) is 0 Å². The van der Waals surface area contributed by atoms with Crippen LogP contribution in [0.4, 0.5) is 0 Å². The third-order valence-electron chi connectivity index (χ3n) is 4.14. The quantitative estimate of drug-likeness (QED) is 0.362. The molecule has 0 unspecified atom stereocenters. The zero-order valence-electron chi connectivity index (χ0n) is 13.6. The molecule has 1 aliphatic rings. The first kappa shape index (κ1) is 17.3. The van der Waals surface area contributed by atoms with E-state index in [1.807, 2.05) is 12.1 Å². The topological polar surface area (TPSA) is 84.7 Å². The highest BCUT2D eigenvalue weighted by atomic mass is 16.5. The van der Waals surface area contributed by atoms with E-state index in [4.69, 9.17) is 10.6 Å². The minimum absolute atomic E-state index is 0.0162. The van der Waals surface area contributed by atoms with Gasteiger partial charge in [0.05, 0.1) is 6.61 Å². The monoisotopic (exact) mass is 319 g/mol. The van der Waals surface area contributed by atoms with E-state index in [-0.39, 0.29) is 17.7 Å². The van der Waals surface area contributed by atoms with E-state index in [9.17, 15) is 9.59 Å². The highest BCUT2D eigenvalue weighted by Crippen LogP contribution is 2.21. The number of amides is 2. The Kier molecular flexibility index (Phi) is 6.40. The molecule has 0 aromatic heterocycles. The normalized spacial score (nSPS) is 15.3. The molecule has 3 N–H and O–H groups in total. The van der Waals surface area contributed by atoms with Gasteiger partial charge in [-0.05, 0) is 37.5 Å². The molecule has 0 aliphatic carbocycles. The summed E-state index contributed by atoms with van der Waals surface area (Å²) in [6, 6.07) is 7.29. The Bertz CT molecular complexity index is 540. The number of nitrogens with one attached hydrogen (secondary N) is 1. The van der Waals surface area contributed by atoms with Crippen molar-refractivity contribution in [2.45, 2.75) is 32.6 Å². The molecule has 1 saturated heterocycles. The first-order valence-electron chi connectivity index (χ1n) is 8.18. The van der Waals surface area contributed by atoms with Crippen LogP contribution in [0.15, 0.2) is 24.3 Å². The molecule has 1 aromatic carbocycles. The fourth-order valence-electron chi connectivity index (χ4n) is 2.70. The van der Waals surface area contributed by atoms with Gasteiger partial charge in [-0.1, -0.05) is 19.4 Å². The van der Waals surface area contributed by atoms with Crippen LogP contribution in [0.5, 0.6) is 5.75 Å². The summed E-state index contributed by atoms with van der Waals surface area (Å²) in [4.78, 5) is 25.9. The Hall–Kier alpha value is -2.08. The largest absolute Gasteiger partial charge is 0.494 e. The average molecular weight is 319 g/mol. The molecule has 1 aliphatic heterocycles. The molecule has 2 rings (SSSR count). The molecular weight excluding hydrogens is 294 g/mol. The Morgan fingerprint density at radius 1 is 1.35 bits per heavy atom. The van der Waals surface area contributed by atoms with Gasteiger partial charge >= 0.3 is 0 Å². The standard InChI is InChI=1S/C17H25N3O3/c1-2-3-11-23-15-6-4-5-14(12-15)17(22)20-9-7-13(8-10-20)16(21)19-18/h4-6,12-13H,2-3,7-11,18H2,1H3,(H,19,21). The van der Waals surface area contributed by atoms with Crippen molar-refractivity contribution in [1.82, 2.24) is 10.3 Å². The summed E-state index contributed by atoms with van der Waals surface area (Å²) in [6.45, 7) is 3.90. The summed E-state index contributed by atoms with van der Waals surface area (Å²) < 4.78 is 5.65. The zero-order valence-corrected chi connectivity index (χ0v) is 13.6. The Morgan fingerprint density at radius 3 is 2.74 bits per heavy atom. The maximum Gasteiger partial charge on any atom is 0.253 e. The molecule has 6 heteroatoms. The molecule has 0 spiro atoms. The van der Waals surface area contributed by atoms with Gasteiger partial charge in [0.15, 0.2) is 0 Å². The van der Waals surface area contributed by atoms with Crippen LogP contribution >= 0.6 is 0 Å². The number of likely N-dealkylation sites (tertiary alicyclic amines) is 1. The number of hydrogen-bond donors (Lipinski definition) is 2. The number of hydrogen-bond acceptors (Lipinski definition) is 4. The molecular formula is C17H25N3O3. The van der Waals surface area contributed by atoms with E-state index in [2.05, 4.69) is 12.3 Å². The first-order chi connectivity index (χ1) is 11.2. The van der Waals surface area contributed by atoms with E-state index in [0.717, 1.165) is 18.6 Å². The number of ether oxygens (including phenoxy) is 1. The van der Waals surface area contributed by atoms with E-state index in [0.29, 0.717) is 38.1 Å². The van der Waals surface area contributed by atoms with Crippen molar-refractivity contribution in [2.75, 3.05) is 19.7 Å². The Morgan fingerprint density at radius 2 is 2.09 bits per heavy atom. The zero-order chi connectivity index (χ0) is 16.7. The minimum Gasteiger partial charge on any atom is -0.494 e. The molecule has 0 atom stereocenters. The van der Waals surface area contributed by atoms with Gasteiger partial charge in [-0.15, -0.1) is 0 Å². The summed E-state index contributed by atoms with van der Waals surface area (Å²) in [5, 5.41) is 0. The first-order valence-corrected chi connectivity index (χ1v) is 8.18. The van der Waals surface area contributed by atoms with Crippen LogP contribution in [-0.4, -0.2) is 36.4 Å². The summed E-state index contributed by atoms with van der Waals surface area (Å²) >= 11 is 0. The molecule has 1 aromatic rings. The number of hydrazine groups is 1. The number of carbonyl (C=O) groups is 2. The second-order valence-electron chi connectivity index (χ2n) is 5.80. The average Bonchev–Trinajstić information content (AvgIpc) is 2.61. The summed E-state index contributed by atoms with van der Waals surface area (Å²) in [6.07, 6.45) is 3.35. The number of rotatable bonds is 6. The highest BCUT2D eigenvalue weighted by Gasteiger charge is 2.27. The fourth-order valence-corrected chi connectivity index (χ4v) is 2.70. The van der Waals surface area contributed by atoms with Crippen molar-refractivity contribution in [3.8, 4) is 5.75 Å². The van der Waals surface area contributed by atoms with Crippen LogP contribution in [0.3, 0.4) is 0 Å². The third-order valence-corrected chi connectivity index (χ3v) is 4.14. The summed E-state index contributed by atoms with van der Waals surface area (Å²) in [5.41, 5.74) is 2.81. The van der Waals surface area contributed by atoms with E-state index >= 15 is 0 Å². The van der Waals surface area contributed by atoms with E-state index < -0.39 is 0 Å². The number of unbranched alkanes of at least 4 members (excludes halogenated alkanes) is 1. The Balaban J connectivity index is 1.93. The van der Waals surface area contributed by atoms with Crippen LogP contribution < -0.4 is 16.0 Å². The highest BCUT2D eigenvalue weighted by molar-refractivity contribution is 5.94. The smallest absolute Gasteiger partial charge is 0.253 e. The predicted octanol–water partition coefficient (Wildman–Crippen LogP) is 1.71. The van der Waals surface area contributed by atoms with Crippen molar-refractivity contribution in [3.05, 3.63) is 29.8 Å². The molecule has 126 valence electrons. The maximum absolute atomic E-state index is 12.6. The summed E-state index contributed by atoms with van der Waals surface area (Å²) in [5.74, 6) is 5.62. The van der Waals surface area contributed by atoms with Crippen molar-refractivity contribution in [2.24, 2.45) is 11.8 Å². The lowest BCUT2D eigenvalue weighted by Crippen LogP contribution is -2.44. The third kappa shape index (κ3) is 4.69. The van der Waals surface area contributed by atoms with Gasteiger partial charge in [-0.3, -0.25) is 15.0 Å². The van der Waals surface area contributed by atoms with Crippen molar-refractivity contribution >= 4 is 11.8 Å². The molecule has 6 nitrogen and oxygen atoms in total. The number of benzene rings is 1. The lowest BCUT2D eigenvalue weighted by molar-refractivity contribution is -0.126. The molecule has 23 heavy (non-hydrogen) atoms. The molecule has 0 radical (unpaired) electrons. The maximum atomic E-state index is 12.6. The van der Waals surface area contributed by atoms with Gasteiger partial charge in [0.1, 0.15) is 5.75 Å².